The molecule has 0 spiro atoms. The maximum absolute atomic E-state index is 12.1. The summed E-state index contributed by atoms with van der Waals surface area (Å²) in [4.78, 5) is 12.1. The van der Waals surface area contributed by atoms with Gasteiger partial charge < -0.3 is 15.2 Å². The molecule has 23 heavy (non-hydrogen) atoms. The summed E-state index contributed by atoms with van der Waals surface area (Å²) in [6.45, 7) is 6.25. The number of anilines is 1. The number of hydrogen-bond donors (Lipinski definition) is 2. The smallest absolute Gasteiger partial charge is 0.225 e. The van der Waals surface area contributed by atoms with Crippen LogP contribution >= 0.6 is 0 Å². The van der Waals surface area contributed by atoms with E-state index in [4.69, 9.17) is 4.74 Å². The van der Waals surface area contributed by atoms with Crippen LogP contribution in [0.4, 0.5) is 5.69 Å². The number of carbonyl (C=O) groups is 1. The Morgan fingerprint density at radius 1 is 1.04 bits per heavy atom. The van der Waals surface area contributed by atoms with E-state index in [0.717, 1.165) is 11.1 Å². The highest BCUT2D eigenvalue weighted by Crippen LogP contribution is 2.43. The molecule has 0 fully saturated rings. The summed E-state index contributed by atoms with van der Waals surface area (Å²) in [6.07, 6.45) is 0.393. The molecule has 120 valence electrons. The zero-order valence-corrected chi connectivity index (χ0v) is 13.9. The van der Waals surface area contributed by atoms with Crippen LogP contribution in [0.3, 0.4) is 0 Å². The number of nitrogens with one attached hydrogen (secondary N) is 1. The maximum atomic E-state index is 12.1. The average Bonchev–Trinajstić information content (AvgIpc) is 2.49. The van der Waals surface area contributed by atoms with E-state index >= 15 is 0 Å². The zero-order chi connectivity index (χ0) is 16.7. The number of ether oxygens (including phenoxy) is 1. The summed E-state index contributed by atoms with van der Waals surface area (Å²) in [5, 5.41) is 12.8. The van der Waals surface area contributed by atoms with Crippen molar-refractivity contribution in [3.63, 3.8) is 0 Å². The number of amides is 1. The molecular weight excluding hydrogens is 290 g/mol. The molecule has 4 heteroatoms. The number of carbonyl (C=O) groups excluding carboxylic acids is 1. The zero-order valence-electron chi connectivity index (χ0n) is 13.9. The third-order valence-corrected chi connectivity index (χ3v) is 4.65. The number of methoxy groups -OCH3 is 1. The fourth-order valence-corrected chi connectivity index (χ4v) is 3.28. The van der Waals surface area contributed by atoms with Crippen LogP contribution < -0.4 is 10.1 Å². The second-order valence-electron chi connectivity index (χ2n) is 6.21. The van der Waals surface area contributed by atoms with Crippen LogP contribution in [0.5, 0.6) is 11.5 Å². The molecule has 1 amide bonds. The second kappa shape index (κ2) is 5.61. The van der Waals surface area contributed by atoms with Crippen molar-refractivity contribution in [1.82, 2.24) is 0 Å². The van der Waals surface area contributed by atoms with E-state index in [-0.39, 0.29) is 17.6 Å². The van der Waals surface area contributed by atoms with E-state index < -0.39 is 0 Å². The molecule has 0 bridgehead atoms. The normalized spacial score (nSPS) is 16.7. The number of rotatable bonds is 2. The Bertz CT molecular complexity index is 796. The summed E-state index contributed by atoms with van der Waals surface area (Å²) >= 11 is 0. The predicted octanol–water partition coefficient (Wildman–Crippen LogP) is 3.80. The summed E-state index contributed by atoms with van der Waals surface area (Å²) in [7, 11) is 1.53. The van der Waals surface area contributed by atoms with Gasteiger partial charge in [-0.3, -0.25) is 4.79 Å². The van der Waals surface area contributed by atoms with E-state index in [0.29, 0.717) is 17.9 Å². The number of benzene rings is 2. The molecule has 0 saturated carbocycles. The molecule has 1 aliphatic rings. The standard InChI is InChI=1S/C19H21NO3/c1-10-5-12(3)13(6-11(10)2)14-8-19(22)20-16-9-17(21)18(23-4)7-15(14)16/h5-7,9,14,21H,8H2,1-4H3,(H,20,22). The highest BCUT2D eigenvalue weighted by atomic mass is 16.5. The minimum absolute atomic E-state index is 0.0315. The van der Waals surface area contributed by atoms with Crippen molar-refractivity contribution in [1.29, 1.82) is 0 Å². The highest BCUT2D eigenvalue weighted by Gasteiger charge is 2.29. The van der Waals surface area contributed by atoms with Crippen molar-refractivity contribution >= 4 is 11.6 Å². The van der Waals surface area contributed by atoms with Crippen LogP contribution in [0, 0.1) is 20.8 Å². The lowest BCUT2D eigenvalue weighted by Crippen LogP contribution is -2.24. The molecule has 1 unspecified atom stereocenters. The van der Waals surface area contributed by atoms with Crippen LogP contribution in [-0.4, -0.2) is 18.1 Å². The first-order valence-corrected chi connectivity index (χ1v) is 7.69. The Kier molecular flexibility index (Phi) is 3.76. The molecular formula is C19H21NO3. The molecule has 1 aliphatic heterocycles. The first-order valence-electron chi connectivity index (χ1n) is 7.69. The van der Waals surface area contributed by atoms with Crippen molar-refractivity contribution in [2.45, 2.75) is 33.1 Å². The first-order chi connectivity index (χ1) is 10.9. The van der Waals surface area contributed by atoms with Crippen molar-refractivity contribution in [2.24, 2.45) is 0 Å². The monoisotopic (exact) mass is 311 g/mol. The molecule has 0 radical (unpaired) electrons. The summed E-state index contributed by atoms with van der Waals surface area (Å²) in [5.41, 5.74) is 6.41. The lowest BCUT2D eigenvalue weighted by atomic mass is 9.81. The van der Waals surface area contributed by atoms with Crippen LogP contribution in [0.15, 0.2) is 24.3 Å². The van der Waals surface area contributed by atoms with Crippen molar-refractivity contribution in [3.8, 4) is 11.5 Å². The Balaban J connectivity index is 2.19. The molecule has 2 N–H and O–H groups in total. The SMILES string of the molecule is COc1cc2c(cc1O)NC(=O)CC2c1cc(C)c(C)cc1C. The number of phenols is 1. The number of fused-ring (bicyclic) bond motifs is 1. The van der Waals surface area contributed by atoms with Gasteiger partial charge in [0.1, 0.15) is 0 Å². The third kappa shape index (κ3) is 2.65. The summed E-state index contributed by atoms with van der Waals surface area (Å²) in [5.74, 6) is 0.382. The molecule has 0 aromatic heterocycles. The average molecular weight is 311 g/mol. The third-order valence-electron chi connectivity index (χ3n) is 4.65. The lowest BCUT2D eigenvalue weighted by Gasteiger charge is -2.28. The van der Waals surface area contributed by atoms with Crippen molar-refractivity contribution in [2.75, 3.05) is 12.4 Å². The minimum Gasteiger partial charge on any atom is -0.504 e. The lowest BCUT2D eigenvalue weighted by molar-refractivity contribution is -0.116. The van der Waals surface area contributed by atoms with Crippen molar-refractivity contribution in [3.05, 3.63) is 52.1 Å². The molecule has 1 heterocycles. The maximum Gasteiger partial charge on any atom is 0.225 e. The molecule has 4 nitrogen and oxygen atoms in total. The Morgan fingerprint density at radius 3 is 2.43 bits per heavy atom. The minimum atomic E-state index is -0.0373. The van der Waals surface area contributed by atoms with Gasteiger partial charge in [0.25, 0.3) is 0 Å². The molecule has 1 atom stereocenters. The van der Waals surface area contributed by atoms with E-state index in [1.54, 1.807) is 6.07 Å². The van der Waals surface area contributed by atoms with Crippen LogP contribution in [0.25, 0.3) is 0 Å². The largest absolute Gasteiger partial charge is 0.504 e. The predicted molar refractivity (Wildman–Crippen MR) is 90.4 cm³/mol. The van der Waals surface area contributed by atoms with Crippen LogP contribution in [0.1, 0.15) is 40.2 Å². The van der Waals surface area contributed by atoms with Gasteiger partial charge >= 0.3 is 0 Å². The van der Waals surface area contributed by atoms with Gasteiger partial charge in [-0.2, -0.15) is 0 Å². The number of phenolic OH excluding ortho intramolecular Hbond substituents is 1. The highest BCUT2D eigenvalue weighted by molar-refractivity contribution is 5.96. The molecule has 3 rings (SSSR count). The molecule has 2 aromatic carbocycles. The molecule has 0 aliphatic carbocycles. The fraction of sp³-hybridized carbons (Fsp3) is 0.316. The van der Waals surface area contributed by atoms with Gasteiger partial charge in [0.2, 0.25) is 5.91 Å². The fourth-order valence-electron chi connectivity index (χ4n) is 3.28. The Hall–Kier alpha value is -2.49. The van der Waals surface area contributed by atoms with Gasteiger partial charge in [-0.25, -0.2) is 0 Å². The van der Waals surface area contributed by atoms with E-state index in [2.05, 4.69) is 38.2 Å². The second-order valence-corrected chi connectivity index (χ2v) is 6.21. The first kappa shape index (κ1) is 15.4. The van der Waals surface area contributed by atoms with Crippen LogP contribution in [0.2, 0.25) is 0 Å². The molecule has 0 saturated heterocycles. The number of hydrogen-bond acceptors (Lipinski definition) is 3. The van der Waals surface area contributed by atoms with Gasteiger partial charge in [-0.15, -0.1) is 0 Å². The number of aromatic hydroxyl groups is 1. The van der Waals surface area contributed by atoms with Crippen molar-refractivity contribution < 1.29 is 14.6 Å². The van der Waals surface area contributed by atoms with Gasteiger partial charge in [-0.05, 0) is 54.7 Å². The summed E-state index contributed by atoms with van der Waals surface area (Å²) < 4.78 is 5.23. The van der Waals surface area contributed by atoms with E-state index in [1.807, 2.05) is 6.07 Å². The summed E-state index contributed by atoms with van der Waals surface area (Å²) in [6, 6.07) is 7.71. The van der Waals surface area contributed by atoms with E-state index in [1.165, 1.54) is 23.8 Å². The Morgan fingerprint density at radius 2 is 1.74 bits per heavy atom. The van der Waals surface area contributed by atoms with E-state index in [9.17, 15) is 9.90 Å². The molecule has 2 aromatic rings. The van der Waals surface area contributed by atoms with Gasteiger partial charge in [-0.1, -0.05) is 12.1 Å². The van der Waals surface area contributed by atoms with Gasteiger partial charge in [0.15, 0.2) is 11.5 Å². The quantitative estimate of drug-likeness (QED) is 0.887. The number of aryl methyl sites for hydroxylation is 3. The topological polar surface area (TPSA) is 58.6 Å². The van der Waals surface area contributed by atoms with Gasteiger partial charge in [0, 0.05) is 24.1 Å². The van der Waals surface area contributed by atoms with Gasteiger partial charge in [0.05, 0.1) is 7.11 Å². The Labute approximate surface area is 136 Å². The van der Waals surface area contributed by atoms with Crippen LogP contribution in [-0.2, 0) is 4.79 Å².